The Morgan fingerprint density at radius 1 is 1.03 bits per heavy atom. The monoisotopic (exact) mass is 399 g/mol. The highest BCUT2D eigenvalue weighted by molar-refractivity contribution is 5.94. The summed E-state index contributed by atoms with van der Waals surface area (Å²) in [4.78, 5) is 13.2. The van der Waals surface area contributed by atoms with Crippen molar-refractivity contribution in [1.29, 1.82) is 0 Å². The largest absolute Gasteiger partial charge is 0.496 e. The van der Waals surface area contributed by atoms with E-state index in [0.717, 1.165) is 37.1 Å². The molecule has 1 amide bonds. The number of methoxy groups -OCH3 is 3. The van der Waals surface area contributed by atoms with Crippen molar-refractivity contribution in [3.8, 4) is 17.2 Å². The van der Waals surface area contributed by atoms with Crippen LogP contribution in [0.5, 0.6) is 17.2 Å². The van der Waals surface area contributed by atoms with Crippen LogP contribution in [-0.2, 0) is 11.3 Å². The first-order chi connectivity index (χ1) is 14.0. The number of hydrogen-bond donors (Lipinski definition) is 1. The summed E-state index contributed by atoms with van der Waals surface area (Å²) < 4.78 is 17.3. The number of amides is 1. The zero-order valence-corrected chi connectivity index (χ0v) is 17.7. The Labute approximate surface area is 173 Å². The fraction of sp³-hybridized carbons (Fsp3) is 0.435. The number of ether oxygens (including phenoxy) is 3. The molecule has 1 heterocycles. The normalized spacial score (nSPS) is 21.3. The van der Waals surface area contributed by atoms with Crippen LogP contribution in [0.4, 0.5) is 5.69 Å². The molecule has 2 aromatic rings. The third-order valence-corrected chi connectivity index (χ3v) is 5.83. The molecule has 1 N–H and O–H groups in total. The van der Waals surface area contributed by atoms with Gasteiger partial charge in [-0.05, 0) is 25.0 Å². The van der Waals surface area contributed by atoms with Crippen molar-refractivity contribution in [2.75, 3.05) is 40.2 Å². The fourth-order valence-electron chi connectivity index (χ4n) is 4.22. The summed E-state index contributed by atoms with van der Waals surface area (Å²) in [5.41, 5.74) is 1.78. The second-order valence-electron chi connectivity index (χ2n) is 7.74. The Bertz CT molecular complexity index is 815. The average Bonchev–Trinajstić information content (AvgIpc) is 2.74. The maximum atomic E-state index is 13.2. The number of para-hydroxylation sites is 1. The minimum absolute atomic E-state index is 0.0600. The quantitative estimate of drug-likeness (QED) is 0.719. The average molecular weight is 400 g/mol. The van der Waals surface area contributed by atoms with E-state index in [2.05, 4.69) is 12.4 Å². The van der Waals surface area contributed by atoms with Crippen molar-refractivity contribution in [3.63, 3.8) is 0 Å². The lowest BCUT2D eigenvalue weighted by molar-refractivity contribution is -0.941. The maximum Gasteiger partial charge on any atom is 0.282 e. The molecule has 1 aliphatic heterocycles. The molecule has 0 aromatic heterocycles. The first-order valence-electron chi connectivity index (χ1n) is 9.99. The van der Waals surface area contributed by atoms with Gasteiger partial charge in [0, 0.05) is 24.2 Å². The summed E-state index contributed by atoms with van der Waals surface area (Å²) in [6.45, 7) is 1.56. The Balaban J connectivity index is 1.90. The van der Waals surface area contributed by atoms with Crippen LogP contribution in [0.2, 0.25) is 0 Å². The van der Waals surface area contributed by atoms with Crippen LogP contribution < -0.4 is 19.5 Å². The summed E-state index contributed by atoms with van der Waals surface area (Å²) >= 11 is 0. The molecular weight excluding hydrogens is 368 g/mol. The van der Waals surface area contributed by atoms with Gasteiger partial charge >= 0.3 is 0 Å². The molecule has 3 rings (SSSR count). The summed E-state index contributed by atoms with van der Waals surface area (Å²) in [6, 6.07) is 13.2. The van der Waals surface area contributed by atoms with Crippen LogP contribution in [-0.4, -0.2) is 51.4 Å². The number of carbonyl (C=O) groups excluding carboxylic acids is 1. The number of benzene rings is 2. The number of rotatable bonds is 7. The molecule has 6 heteroatoms. The van der Waals surface area contributed by atoms with Crippen molar-refractivity contribution in [3.05, 3.63) is 48.0 Å². The van der Waals surface area contributed by atoms with Crippen LogP contribution in [0.25, 0.3) is 0 Å². The SMILES string of the molecule is COc1cc(OC)c(C[N@+]2(C)CCCCC2C(=O)Nc2ccccc2)c(OC)c1. The minimum atomic E-state index is -0.138. The highest BCUT2D eigenvalue weighted by Gasteiger charge is 2.42. The van der Waals surface area contributed by atoms with Crippen molar-refractivity contribution in [2.45, 2.75) is 31.8 Å². The standard InChI is InChI=1S/C23H30N2O4/c1-25(16-19-21(28-3)14-18(27-2)15-22(19)29-4)13-9-8-12-20(25)23(26)24-17-10-6-5-7-11-17/h5-7,10-11,14-15,20H,8-9,12-13,16H2,1-4H3/p+1/t20?,25-/m0/s1. The number of nitrogens with zero attached hydrogens (tertiary/aromatic N) is 1. The lowest BCUT2D eigenvalue weighted by Crippen LogP contribution is -2.59. The number of quaternary nitrogens is 1. The molecule has 1 unspecified atom stereocenters. The van der Waals surface area contributed by atoms with Gasteiger partial charge in [0.2, 0.25) is 0 Å². The maximum absolute atomic E-state index is 13.2. The van der Waals surface area contributed by atoms with E-state index in [-0.39, 0.29) is 11.9 Å². The van der Waals surface area contributed by atoms with Gasteiger partial charge in [0.1, 0.15) is 23.8 Å². The van der Waals surface area contributed by atoms with Crippen LogP contribution in [0.3, 0.4) is 0 Å². The summed E-state index contributed by atoms with van der Waals surface area (Å²) in [5, 5.41) is 3.09. The van der Waals surface area contributed by atoms with Gasteiger partial charge in [0.25, 0.3) is 5.91 Å². The van der Waals surface area contributed by atoms with Crippen LogP contribution in [0.15, 0.2) is 42.5 Å². The minimum Gasteiger partial charge on any atom is -0.496 e. The predicted molar refractivity (Wildman–Crippen MR) is 114 cm³/mol. The number of carbonyl (C=O) groups is 1. The fourth-order valence-corrected chi connectivity index (χ4v) is 4.22. The molecule has 1 fully saturated rings. The number of likely N-dealkylation sites (N-methyl/N-ethyl adjacent to an activating group) is 1. The van der Waals surface area contributed by atoms with Gasteiger partial charge in [-0.1, -0.05) is 18.2 Å². The van der Waals surface area contributed by atoms with E-state index in [1.54, 1.807) is 21.3 Å². The van der Waals surface area contributed by atoms with Gasteiger partial charge in [-0.25, -0.2) is 0 Å². The summed E-state index contributed by atoms with van der Waals surface area (Å²) in [6.07, 6.45) is 3.00. The Kier molecular flexibility index (Phi) is 6.64. The lowest BCUT2D eigenvalue weighted by Gasteiger charge is -2.44. The second-order valence-corrected chi connectivity index (χ2v) is 7.74. The highest BCUT2D eigenvalue weighted by atomic mass is 16.5. The van der Waals surface area contributed by atoms with Gasteiger partial charge in [-0.15, -0.1) is 0 Å². The van der Waals surface area contributed by atoms with Crippen molar-refractivity contribution >= 4 is 11.6 Å². The van der Waals surface area contributed by atoms with Crippen LogP contribution in [0, 0.1) is 0 Å². The smallest absolute Gasteiger partial charge is 0.282 e. The molecule has 0 bridgehead atoms. The van der Waals surface area contributed by atoms with E-state index in [1.807, 2.05) is 42.5 Å². The molecule has 0 radical (unpaired) electrons. The summed E-state index contributed by atoms with van der Waals surface area (Å²) in [5.74, 6) is 2.17. The van der Waals surface area contributed by atoms with E-state index in [4.69, 9.17) is 14.2 Å². The van der Waals surface area contributed by atoms with Gasteiger partial charge < -0.3 is 24.0 Å². The molecule has 0 aliphatic carbocycles. The van der Waals surface area contributed by atoms with Crippen LogP contribution in [0.1, 0.15) is 24.8 Å². The first kappa shape index (κ1) is 21.0. The van der Waals surface area contributed by atoms with Crippen molar-refractivity contribution < 1.29 is 23.5 Å². The van der Waals surface area contributed by atoms with E-state index >= 15 is 0 Å². The van der Waals surface area contributed by atoms with Crippen molar-refractivity contribution in [2.24, 2.45) is 0 Å². The molecule has 0 spiro atoms. The zero-order valence-electron chi connectivity index (χ0n) is 17.7. The molecule has 2 atom stereocenters. The Morgan fingerprint density at radius 3 is 2.28 bits per heavy atom. The first-order valence-corrected chi connectivity index (χ1v) is 9.99. The number of piperidine rings is 1. The molecule has 6 nitrogen and oxygen atoms in total. The molecule has 1 aliphatic rings. The van der Waals surface area contributed by atoms with Gasteiger partial charge in [-0.2, -0.15) is 0 Å². The van der Waals surface area contributed by atoms with Crippen LogP contribution >= 0.6 is 0 Å². The van der Waals surface area contributed by atoms with E-state index < -0.39 is 0 Å². The topological polar surface area (TPSA) is 56.8 Å². The van der Waals surface area contributed by atoms with Gasteiger partial charge in [0.15, 0.2) is 6.04 Å². The van der Waals surface area contributed by atoms with Crippen molar-refractivity contribution in [1.82, 2.24) is 0 Å². The van der Waals surface area contributed by atoms with E-state index in [0.29, 0.717) is 28.3 Å². The predicted octanol–water partition coefficient (Wildman–Crippen LogP) is 3.85. The van der Waals surface area contributed by atoms with Gasteiger partial charge in [-0.3, -0.25) is 4.79 Å². The number of anilines is 1. The number of nitrogens with one attached hydrogen (secondary N) is 1. The Morgan fingerprint density at radius 2 is 1.69 bits per heavy atom. The molecule has 0 saturated carbocycles. The molecule has 1 saturated heterocycles. The number of hydrogen-bond acceptors (Lipinski definition) is 4. The van der Waals surface area contributed by atoms with Gasteiger partial charge in [0.05, 0.1) is 40.5 Å². The third kappa shape index (κ3) is 4.65. The third-order valence-electron chi connectivity index (χ3n) is 5.83. The molecule has 29 heavy (non-hydrogen) atoms. The number of likely N-dealkylation sites (tertiary alicyclic amines) is 1. The Hall–Kier alpha value is -2.73. The molecule has 156 valence electrons. The molecule has 2 aromatic carbocycles. The zero-order chi connectivity index (χ0) is 20.9. The second kappa shape index (κ2) is 9.18. The van der Waals surface area contributed by atoms with E-state index in [1.165, 1.54) is 0 Å². The lowest BCUT2D eigenvalue weighted by atomic mass is 9.96. The molecular formula is C23H31N2O4+. The highest BCUT2D eigenvalue weighted by Crippen LogP contribution is 2.38. The van der Waals surface area contributed by atoms with E-state index in [9.17, 15) is 4.79 Å². The summed E-state index contributed by atoms with van der Waals surface area (Å²) in [7, 11) is 7.06.